The van der Waals surface area contributed by atoms with E-state index >= 15 is 0 Å². The maximum Gasteiger partial charge on any atom is 0.219 e. The van der Waals surface area contributed by atoms with Crippen LogP contribution in [0, 0.1) is 0 Å². The smallest absolute Gasteiger partial charge is 0.219 e. The van der Waals surface area contributed by atoms with Crippen molar-refractivity contribution in [2.45, 2.75) is 12.5 Å². The zero-order valence-electron chi connectivity index (χ0n) is 7.30. The highest BCUT2D eigenvalue weighted by atomic mass is 16.5. The van der Waals surface area contributed by atoms with Gasteiger partial charge in [0.05, 0.1) is 13.2 Å². The lowest BCUT2D eigenvalue weighted by atomic mass is 9.95. The molecule has 1 spiro atoms. The van der Waals surface area contributed by atoms with Gasteiger partial charge in [-0.1, -0.05) is 0 Å². The van der Waals surface area contributed by atoms with E-state index < -0.39 is 0 Å². The Bertz CT molecular complexity index is 201. The Hall–Kier alpha value is -0.610. The monoisotopic (exact) mass is 170 g/mol. The zero-order valence-corrected chi connectivity index (χ0v) is 7.30. The van der Waals surface area contributed by atoms with Crippen molar-refractivity contribution in [2.75, 3.05) is 32.8 Å². The molecule has 1 amide bonds. The summed E-state index contributed by atoms with van der Waals surface area (Å²) in [5, 5.41) is 3.17. The second kappa shape index (κ2) is 2.71. The summed E-state index contributed by atoms with van der Waals surface area (Å²) < 4.78 is 5.63. The fraction of sp³-hybridized carbons (Fsp3) is 0.875. The third-order valence-electron chi connectivity index (χ3n) is 2.59. The van der Waals surface area contributed by atoms with Gasteiger partial charge in [-0.15, -0.1) is 0 Å². The van der Waals surface area contributed by atoms with Crippen molar-refractivity contribution in [3.8, 4) is 0 Å². The van der Waals surface area contributed by atoms with E-state index in [0.29, 0.717) is 6.61 Å². The average Bonchev–Trinajstić information content (AvgIpc) is 2.02. The molecule has 4 nitrogen and oxygen atoms in total. The first-order valence-electron chi connectivity index (χ1n) is 4.32. The van der Waals surface area contributed by atoms with Gasteiger partial charge in [-0.25, -0.2) is 0 Å². The molecule has 0 aromatic heterocycles. The van der Waals surface area contributed by atoms with Crippen molar-refractivity contribution in [1.29, 1.82) is 0 Å². The van der Waals surface area contributed by atoms with E-state index in [2.05, 4.69) is 5.32 Å². The second-order valence-corrected chi connectivity index (χ2v) is 3.58. The molecular formula is C8H14N2O2. The molecule has 0 radical (unpaired) electrons. The Kier molecular flexibility index (Phi) is 1.81. The first-order chi connectivity index (χ1) is 5.72. The minimum absolute atomic E-state index is 0.0517. The molecule has 0 saturated carbocycles. The van der Waals surface area contributed by atoms with Gasteiger partial charge in [-0.3, -0.25) is 4.79 Å². The Morgan fingerprint density at radius 3 is 2.83 bits per heavy atom. The topological polar surface area (TPSA) is 41.6 Å². The third kappa shape index (κ3) is 1.21. The van der Waals surface area contributed by atoms with E-state index in [1.807, 2.05) is 4.90 Å². The summed E-state index contributed by atoms with van der Waals surface area (Å²) in [6.45, 7) is 5.58. The van der Waals surface area contributed by atoms with Crippen LogP contribution in [-0.4, -0.2) is 49.2 Å². The molecule has 2 saturated heterocycles. The molecule has 68 valence electrons. The maximum absolute atomic E-state index is 11.1. The highest BCUT2D eigenvalue weighted by molar-refractivity contribution is 5.73. The summed E-state index contributed by atoms with van der Waals surface area (Å²) in [5.41, 5.74) is -0.0517. The fourth-order valence-electron chi connectivity index (χ4n) is 1.73. The van der Waals surface area contributed by atoms with Crippen LogP contribution in [-0.2, 0) is 9.53 Å². The summed E-state index contributed by atoms with van der Waals surface area (Å²) >= 11 is 0. The lowest BCUT2D eigenvalue weighted by Crippen LogP contribution is -2.69. The van der Waals surface area contributed by atoms with Gasteiger partial charge in [0.1, 0.15) is 5.60 Å². The predicted molar refractivity (Wildman–Crippen MR) is 43.8 cm³/mol. The molecule has 0 atom stereocenters. The first kappa shape index (κ1) is 8.01. The molecule has 2 rings (SSSR count). The summed E-state index contributed by atoms with van der Waals surface area (Å²) in [5.74, 6) is 0.157. The van der Waals surface area contributed by atoms with E-state index in [4.69, 9.17) is 4.74 Å². The number of carbonyl (C=O) groups excluding carboxylic acids is 1. The van der Waals surface area contributed by atoms with Gasteiger partial charge in [0.25, 0.3) is 0 Å². The lowest BCUT2D eigenvalue weighted by Gasteiger charge is -2.48. The first-order valence-corrected chi connectivity index (χ1v) is 4.32. The molecule has 2 heterocycles. The van der Waals surface area contributed by atoms with Gasteiger partial charge in [-0.2, -0.15) is 0 Å². The van der Waals surface area contributed by atoms with E-state index in [0.717, 1.165) is 26.2 Å². The minimum Gasteiger partial charge on any atom is -0.369 e. The molecule has 2 fully saturated rings. The Balaban J connectivity index is 1.98. The van der Waals surface area contributed by atoms with Gasteiger partial charge in [-0.05, 0) is 0 Å². The number of nitrogens with one attached hydrogen (secondary N) is 1. The molecule has 12 heavy (non-hydrogen) atoms. The van der Waals surface area contributed by atoms with Crippen LogP contribution < -0.4 is 5.32 Å². The molecule has 0 aliphatic carbocycles. The second-order valence-electron chi connectivity index (χ2n) is 3.58. The van der Waals surface area contributed by atoms with Crippen molar-refractivity contribution in [3.05, 3.63) is 0 Å². The van der Waals surface area contributed by atoms with E-state index in [1.54, 1.807) is 6.92 Å². The molecule has 0 aromatic carbocycles. The number of ether oxygens (including phenoxy) is 1. The molecule has 4 heteroatoms. The van der Waals surface area contributed by atoms with Crippen LogP contribution in [0.15, 0.2) is 0 Å². The number of amides is 1. The fourth-order valence-corrected chi connectivity index (χ4v) is 1.73. The summed E-state index contributed by atoms with van der Waals surface area (Å²) in [4.78, 5) is 12.9. The molecular weight excluding hydrogens is 156 g/mol. The van der Waals surface area contributed by atoms with Gasteiger partial charge in [0.2, 0.25) is 5.91 Å². The Morgan fingerprint density at radius 1 is 1.58 bits per heavy atom. The van der Waals surface area contributed by atoms with Gasteiger partial charge in [0.15, 0.2) is 0 Å². The summed E-state index contributed by atoms with van der Waals surface area (Å²) in [6, 6.07) is 0. The number of hydrogen-bond donors (Lipinski definition) is 1. The molecule has 0 unspecified atom stereocenters. The van der Waals surface area contributed by atoms with E-state index in [-0.39, 0.29) is 11.5 Å². The van der Waals surface area contributed by atoms with Crippen molar-refractivity contribution < 1.29 is 9.53 Å². The zero-order chi connectivity index (χ0) is 8.60. The highest BCUT2D eigenvalue weighted by Crippen LogP contribution is 2.21. The predicted octanol–water partition coefficient (Wildman–Crippen LogP) is -0.793. The van der Waals surface area contributed by atoms with Gasteiger partial charge >= 0.3 is 0 Å². The molecule has 0 bridgehead atoms. The Morgan fingerprint density at radius 2 is 2.33 bits per heavy atom. The van der Waals surface area contributed by atoms with Crippen LogP contribution in [0.5, 0.6) is 0 Å². The standard InChI is InChI=1S/C8H14N2O2/c1-7(11)10-2-3-12-8(6-10)4-9-5-8/h9H,2-6H2,1H3. The van der Waals surface area contributed by atoms with Crippen molar-refractivity contribution in [2.24, 2.45) is 0 Å². The number of carbonyl (C=O) groups is 1. The molecule has 0 aromatic rings. The van der Waals surface area contributed by atoms with Crippen LogP contribution in [0.25, 0.3) is 0 Å². The van der Waals surface area contributed by atoms with Crippen LogP contribution in [0.2, 0.25) is 0 Å². The van der Waals surface area contributed by atoms with Crippen LogP contribution in [0.1, 0.15) is 6.92 Å². The largest absolute Gasteiger partial charge is 0.369 e. The van der Waals surface area contributed by atoms with Crippen LogP contribution in [0.4, 0.5) is 0 Å². The van der Waals surface area contributed by atoms with Gasteiger partial charge in [0, 0.05) is 26.6 Å². The van der Waals surface area contributed by atoms with E-state index in [9.17, 15) is 4.79 Å². The summed E-state index contributed by atoms with van der Waals surface area (Å²) in [7, 11) is 0. The molecule has 1 N–H and O–H groups in total. The van der Waals surface area contributed by atoms with E-state index in [1.165, 1.54) is 0 Å². The van der Waals surface area contributed by atoms with Crippen molar-refractivity contribution >= 4 is 5.91 Å². The SMILES string of the molecule is CC(=O)N1CCOC2(CNC2)C1. The quantitative estimate of drug-likeness (QED) is 0.518. The van der Waals surface area contributed by atoms with Crippen LogP contribution >= 0.6 is 0 Å². The average molecular weight is 170 g/mol. The number of morpholine rings is 1. The normalized spacial score (nSPS) is 26.9. The Labute approximate surface area is 71.9 Å². The third-order valence-corrected chi connectivity index (χ3v) is 2.59. The summed E-state index contributed by atoms with van der Waals surface area (Å²) in [6.07, 6.45) is 0. The highest BCUT2D eigenvalue weighted by Gasteiger charge is 2.42. The number of rotatable bonds is 0. The van der Waals surface area contributed by atoms with Crippen LogP contribution in [0.3, 0.4) is 0 Å². The molecule has 2 aliphatic heterocycles. The van der Waals surface area contributed by atoms with Crippen molar-refractivity contribution in [3.63, 3.8) is 0 Å². The van der Waals surface area contributed by atoms with Gasteiger partial charge < -0.3 is 15.0 Å². The van der Waals surface area contributed by atoms with Crippen molar-refractivity contribution in [1.82, 2.24) is 10.2 Å². The molecule has 2 aliphatic rings. The maximum atomic E-state index is 11.1. The number of nitrogens with zero attached hydrogens (tertiary/aromatic N) is 1. The minimum atomic E-state index is -0.0517. The lowest BCUT2D eigenvalue weighted by molar-refractivity contribution is -0.157. The number of hydrogen-bond acceptors (Lipinski definition) is 3.